The van der Waals surface area contributed by atoms with Gasteiger partial charge in [0.05, 0.1) is 18.2 Å². The van der Waals surface area contributed by atoms with Crippen molar-refractivity contribution in [1.82, 2.24) is 14.2 Å². The molecule has 0 aliphatic heterocycles. The summed E-state index contributed by atoms with van der Waals surface area (Å²) < 4.78 is 87.6. The first-order valence-electron chi connectivity index (χ1n) is 17.6. The van der Waals surface area contributed by atoms with Gasteiger partial charge in [-0.15, -0.1) is 0 Å². The molecule has 0 aliphatic carbocycles. The van der Waals surface area contributed by atoms with Crippen LogP contribution >= 0.6 is 0 Å². The van der Waals surface area contributed by atoms with Gasteiger partial charge in [-0.05, 0) is 44.9 Å². The minimum Gasteiger partial charge on any atom is -0.213 e. The predicted molar refractivity (Wildman–Crippen MR) is 187 cm³/mol. The van der Waals surface area contributed by atoms with Crippen LogP contribution in [0.1, 0.15) is 161 Å². The molecule has 0 heterocycles. The molecule has 0 aromatic carbocycles. The molecule has 47 heavy (non-hydrogen) atoms. The lowest BCUT2D eigenvalue weighted by Crippen LogP contribution is -2.63. The van der Waals surface area contributed by atoms with E-state index in [0.29, 0.717) is 64.2 Å². The number of rotatable bonds is 33. The van der Waals surface area contributed by atoms with Crippen molar-refractivity contribution in [3.05, 3.63) is 0 Å². The van der Waals surface area contributed by atoms with Crippen molar-refractivity contribution in [2.75, 3.05) is 19.6 Å². The van der Waals surface area contributed by atoms with Crippen LogP contribution in [0.25, 0.3) is 0 Å². The molecular weight excluding hydrogens is 661 g/mol. The van der Waals surface area contributed by atoms with Gasteiger partial charge in [0.15, 0.2) is 0 Å². The van der Waals surface area contributed by atoms with Gasteiger partial charge in [0, 0.05) is 45.3 Å². The van der Waals surface area contributed by atoms with E-state index in [1.54, 1.807) is 6.92 Å². The standard InChI is InChI=1S/C32H60N6O6S3/c1-2-3-25-32(45(39,40)36-29-22-16-10-4-7-13-19-26-33,46(41,42)37-30-23-17-11-5-8-14-20-27-34)47(43,44)38-31-24-18-12-6-9-15-21-28-35/h36-38H,2-25,29-31H2,1H3. The Morgan fingerprint density at radius 1 is 0.426 bits per heavy atom. The summed E-state index contributed by atoms with van der Waals surface area (Å²) in [5.74, 6) is 0. The summed E-state index contributed by atoms with van der Waals surface area (Å²) in [6.45, 7) is 1.49. The Hall–Kier alpha value is -1.80. The van der Waals surface area contributed by atoms with Crippen LogP contribution in [0.15, 0.2) is 0 Å². The van der Waals surface area contributed by atoms with Crippen molar-refractivity contribution in [3.8, 4) is 18.2 Å². The second-order valence-corrected chi connectivity index (χ2v) is 18.8. The summed E-state index contributed by atoms with van der Waals surface area (Å²) in [6.07, 6.45) is 14.9. The van der Waals surface area contributed by atoms with E-state index in [1.807, 2.05) is 0 Å². The van der Waals surface area contributed by atoms with Gasteiger partial charge in [0.1, 0.15) is 0 Å². The average molecular weight is 721 g/mol. The largest absolute Gasteiger partial charge is 0.313 e. The normalized spacial score (nSPS) is 12.4. The second kappa shape index (κ2) is 27.1. The predicted octanol–water partition coefficient (Wildman–Crippen LogP) is 6.35. The third kappa shape index (κ3) is 18.0. The highest BCUT2D eigenvalue weighted by Gasteiger charge is 2.64. The molecule has 0 atom stereocenters. The first-order valence-corrected chi connectivity index (χ1v) is 22.0. The highest BCUT2D eigenvalue weighted by molar-refractivity contribution is 8.24. The molecule has 12 nitrogen and oxygen atoms in total. The highest BCUT2D eigenvalue weighted by atomic mass is 32.3. The molecule has 3 N–H and O–H groups in total. The van der Waals surface area contributed by atoms with Crippen molar-refractivity contribution in [1.29, 1.82) is 15.8 Å². The van der Waals surface area contributed by atoms with Crippen LogP contribution < -0.4 is 14.2 Å². The molecule has 0 saturated carbocycles. The van der Waals surface area contributed by atoms with E-state index in [0.717, 1.165) is 77.0 Å². The third-order valence-corrected chi connectivity index (χ3v) is 16.9. The summed E-state index contributed by atoms with van der Waals surface area (Å²) in [4.78, 5) is 0. The average Bonchev–Trinajstić information content (AvgIpc) is 3.02. The van der Waals surface area contributed by atoms with E-state index in [2.05, 4.69) is 32.4 Å². The molecule has 0 aromatic rings. The van der Waals surface area contributed by atoms with Crippen molar-refractivity contribution in [2.24, 2.45) is 0 Å². The molecule has 0 saturated heterocycles. The third-order valence-electron chi connectivity index (χ3n) is 8.09. The van der Waals surface area contributed by atoms with E-state index >= 15 is 0 Å². The van der Waals surface area contributed by atoms with E-state index in [1.165, 1.54) is 0 Å². The van der Waals surface area contributed by atoms with Crippen LogP contribution in [0, 0.1) is 34.0 Å². The molecule has 0 unspecified atom stereocenters. The summed E-state index contributed by atoms with van der Waals surface area (Å²) in [7, 11) is -14.8. The smallest absolute Gasteiger partial charge is 0.213 e. The Morgan fingerprint density at radius 2 is 0.681 bits per heavy atom. The molecule has 15 heteroatoms. The first kappa shape index (κ1) is 45.2. The number of nitrogens with one attached hydrogen (secondary N) is 3. The van der Waals surface area contributed by atoms with Gasteiger partial charge in [-0.1, -0.05) is 90.4 Å². The van der Waals surface area contributed by atoms with Gasteiger partial charge in [-0.25, -0.2) is 39.4 Å². The number of hydrogen-bond acceptors (Lipinski definition) is 9. The molecule has 0 radical (unpaired) electrons. The van der Waals surface area contributed by atoms with Crippen molar-refractivity contribution < 1.29 is 25.3 Å². The van der Waals surface area contributed by atoms with Crippen LogP contribution in [0.3, 0.4) is 0 Å². The molecular formula is C32H60N6O6S3. The van der Waals surface area contributed by atoms with Crippen molar-refractivity contribution in [3.63, 3.8) is 0 Å². The zero-order chi connectivity index (χ0) is 35.3. The molecule has 0 aromatic heterocycles. The van der Waals surface area contributed by atoms with Crippen LogP contribution in [0.5, 0.6) is 0 Å². The quantitative estimate of drug-likeness (QED) is 0.0644. The molecule has 0 aliphatic rings. The van der Waals surface area contributed by atoms with Crippen LogP contribution in [0.4, 0.5) is 0 Å². The number of nitrogens with zero attached hydrogens (tertiary/aromatic N) is 3. The van der Waals surface area contributed by atoms with Crippen molar-refractivity contribution in [2.45, 2.75) is 164 Å². The fourth-order valence-corrected chi connectivity index (χ4v) is 13.0. The van der Waals surface area contributed by atoms with Gasteiger partial charge in [-0.3, -0.25) is 0 Å². The van der Waals surface area contributed by atoms with E-state index in [9.17, 15) is 25.3 Å². The summed E-state index contributed by atoms with van der Waals surface area (Å²) in [6, 6.07) is 6.32. The van der Waals surface area contributed by atoms with Crippen LogP contribution in [0.2, 0.25) is 0 Å². The monoisotopic (exact) mass is 720 g/mol. The molecule has 272 valence electrons. The second-order valence-electron chi connectivity index (χ2n) is 12.1. The zero-order valence-corrected chi connectivity index (χ0v) is 31.1. The summed E-state index contributed by atoms with van der Waals surface area (Å²) in [5.41, 5.74) is 0. The lowest BCUT2D eigenvalue weighted by molar-refractivity contribution is 0.510. The Bertz CT molecular complexity index is 1120. The van der Waals surface area contributed by atoms with Crippen molar-refractivity contribution >= 4 is 30.1 Å². The Labute approximate surface area is 286 Å². The van der Waals surface area contributed by atoms with Gasteiger partial charge in [0.2, 0.25) is 30.1 Å². The number of sulfonamides is 3. The minimum absolute atomic E-state index is 0.0663. The first-order chi connectivity index (χ1) is 22.5. The maximum Gasteiger partial charge on any atom is 0.313 e. The summed E-state index contributed by atoms with van der Waals surface area (Å²) >= 11 is 0. The molecule has 0 rings (SSSR count). The molecule has 0 fully saturated rings. The minimum atomic E-state index is -4.94. The molecule has 0 spiro atoms. The molecule has 0 bridgehead atoms. The fraction of sp³-hybridized carbons (Fsp3) is 0.906. The Balaban J connectivity index is 5.75. The van der Waals surface area contributed by atoms with Gasteiger partial charge in [0.25, 0.3) is 0 Å². The van der Waals surface area contributed by atoms with E-state index in [-0.39, 0.29) is 26.1 Å². The lowest BCUT2D eigenvalue weighted by Gasteiger charge is -2.32. The number of hydrogen-bond donors (Lipinski definition) is 3. The van der Waals surface area contributed by atoms with E-state index in [4.69, 9.17) is 15.8 Å². The number of nitriles is 3. The zero-order valence-electron chi connectivity index (χ0n) is 28.6. The van der Waals surface area contributed by atoms with Gasteiger partial charge < -0.3 is 0 Å². The van der Waals surface area contributed by atoms with Gasteiger partial charge >= 0.3 is 3.41 Å². The SMILES string of the molecule is CCCCC(S(=O)(=O)NCCCCCCCCC#N)(S(=O)(=O)NCCCCCCCCC#N)S(=O)(=O)NCCCCCCCCC#N. The maximum atomic E-state index is 14.0. The molecule has 0 amide bonds. The van der Waals surface area contributed by atoms with E-state index < -0.39 is 39.9 Å². The van der Waals surface area contributed by atoms with Gasteiger partial charge in [-0.2, -0.15) is 15.8 Å². The topological polar surface area (TPSA) is 210 Å². The van der Waals surface area contributed by atoms with Crippen LogP contribution in [-0.2, 0) is 30.1 Å². The lowest BCUT2D eigenvalue weighted by atomic mass is 10.1. The number of unbranched alkanes of at least 4 members (excludes halogenated alkanes) is 19. The Morgan fingerprint density at radius 3 is 0.936 bits per heavy atom. The fourth-order valence-electron chi connectivity index (χ4n) is 5.29. The maximum absolute atomic E-state index is 14.0. The Kier molecular flexibility index (Phi) is 26.0. The summed E-state index contributed by atoms with van der Waals surface area (Å²) in [5, 5.41) is 26.0. The van der Waals surface area contributed by atoms with Crippen LogP contribution in [-0.4, -0.2) is 48.3 Å². The highest BCUT2D eigenvalue weighted by Crippen LogP contribution is 2.35.